The Hall–Kier alpha value is -3.16. The van der Waals surface area contributed by atoms with Crippen molar-refractivity contribution in [3.8, 4) is 0 Å². The highest BCUT2D eigenvalue weighted by Gasteiger charge is 2.37. The minimum Gasteiger partial charge on any atom is -0.465 e. The molecule has 152 valence electrons. The number of furan rings is 1. The van der Waals surface area contributed by atoms with Crippen LogP contribution in [0.3, 0.4) is 0 Å². The molecule has 4 aromatic rings. The van der Waals surface area contributed by atoms with Gasteiger partial charge in [0, 0.05) is 24.7 Å². The Bertz CT molecular complexity index is 1200. The van der Waals surface area contributed by atoms with Gasteiger partial charge in [-0.1, -0.05) is 30.3 Å². The molecule has 1 N–H and O–H groups in total. The standard InChI is InChI=1S/C23H21N3O3S/c1-14-11-16(13-28-2)18-19-20(30-22(18)24-14)23(27)26(12-15-7-4-3-5-8-15)21(25-19)17-9-6-10-29-17/h3-11,21,25H,12-13H2,1-2H3/t21-/m0/s1. The summed E-state index contributed by atoms with van der Waals surface area (Å²) in [6.07, 6.45) is 1.22. The molecule has 0 saturated heterocycles. The lowest BCUT2D eigenvalue weighted by Crippen LogP contribution is -2.41. The Morgan fingerprint density at radius 3 is 2.80 bits per heavy atom. The maximum absolute atomic E-state index is 13.6. The van der Waals surface area contributed by atoms with E-state index in [1.807, 2.05) is 60.4 Å². The van der Waals surface area contributed by atoms with Crippen molar-refractivity contribution in [2.75, 3.05) is 12.4 Å². The van der Waals surface area contributed by atoms with Crippen LogP contribution in [0, 0.1) is 6.92 Å². The number of pyridine rings is 1. The first-order valence-electron chi connectivity index (χ1n) is 9.72. The molecule has 6 nitrogen and oxygen atoms in total. The third-order valence-corrected chi connectivity index (χ3v) is 6.30. The van der Waals surface area contributed by atoms with Crippen LogP contribution in [0.25, 0.3) is 10.2 Å². The third kappa shape index (κ3) is 3.16. The molecule has 4 heterocycles. The number of fused-ring (bicyclic) bond motifs is 3. The summed E-state index contributed by atoms with van der Waals surface area (Å²) in [6, 6.07) is 15.7. The average Bonchev–Trinajstić information content (AvgIpc) is 3.39. The molecule has 0 radical (unpaired) electrons. The number of anilines is 1. The second-order valence-corrected chi connectivity index (χ2v) is 8.32. The van der Waals surface area contributed by atoms with Gasteiger partial charge in [0.25, 0.3) is 5.91 Å². The van der Waals surface area contributed by atoms with E-state index in [-0.39, 0.29) is 5.91 Å². The van der Waals surface area contributed by atoms with Crippen LogP contribution in [0.5, 0.6) is 0 Å². The van der Waals surface area contributed by atoms with Crippen LogP contribution in [-0.2, 0) is 17.9 Å². The minimum absolute atomic E-state index is 0.0296. The van der Waals surface area contributed by atoms with Crippen molar-refractivity contribution >= 4 is 33.1 Å². The van der Waals surface area contributed by atoms with E-state index in [1.54, 1.807) is 13.4 Å². The summed E-state index contributed by atoms with van der Waals surface area (Å²) < 4.78 is 11.1. The van der Waals surface area contributed by atoms with Crippen molar-refractivity contribution in [1.29, 1.82) is 0 Å². The molecule has 1 aromatic carbocycles. The molecular formula is C23H21N3O3S. The quantitative estimate of drug-likeness (QED) is 0.487. The molecule has 0 spiro atoms. The molecule has 0 fully saturated rings. The number of aromatic nitrogens is 1. The molecule has 3 aromatic heterocycles. The summed E-state index contributed by atoms with van der Waals surface area (Å²) in [5.41, 5.74) is 3.80. The number of aryl methyl sites for hydroxylation is 1. The number of carbonyl (C=O) groups is 1. The van der Waals surface area contributed by atoms with Crippen LogP contribution < -0.4 is 5.32 Å². The highest BCUT2D eigenvalue weighted by atomic mass is 32.1. The first-order valence-corrected chi connectivity index (χ1v) is 10.5. The molecule has 0 aliphatic carbocycles. The minimum atomic E-state index is -0.408. The van der Waals surface area contributed by atoms with Gasteiger partial charge in [0.2, 0.25) is 0 Å². The first-order chi connectivity index (χ1) is 14.7. The molecule has 0 unspecified atom stereocenters. The highest BCUT2D eigenvalue weighted by Crippen LogP contribution is 2.44. The number of benzene rings is 1. The fourth-order valence-electron chi connectivity index (χ4n) is 3.95. The van der Waals surface area contributed by atoms with Crippen LogP contribution in [0.15, 0.2) is 59.2 Å². The molecule has 1 amide bonds. The molecule has 0 bridgehead atoms. The van der Waals surface area contributed by atoms with Crippen molar-refractivity contribution in [1.82, 2.24) is 9.88 Å². The first kappa shape index (κ1) is 18.8. The predicted octanol–water partition coefficient (Wildman–Crippen LogP) is 5.11. The maximum atomic E-state index is 13.6. The summed E-state index contributed by atoms with van der Waals surface area (Å²) in [4.78, 5) is 21.7. The van der Waals surface area contributed by atoms with Crippen molar-refractivity contribution in [2.45, 2.75) is 26.2 Å². The van der Waals surface area contributed by atoms with Gasteiger partial charge in [0.1, 0.15) is 15.5 Å². The largest absolute Gasteiger partial charge is 0.465 e. The van der Waals surface area contributed by atoms with E-state index in [2.05, 4.69) is 10.3 Å². The Labute approximate surface area is 178 Å². The van der Waals surface area contributed by atoms with Gasteiger partial charge < -0.3 is 19.4 Å². The molecule has 1 aliphatic heterocycles. The molecule has 7 heteroatoms. The van der Waals surface area contributed by atoms with Gasteiger partial charge in [-0.2, -0.15) is 0 Å². The molecule has 5 rings (SSSR count). The van der Waals surface area contributed by atoms with Gasteiger partial charge in [-0.3, -0.25) is 4.79 Å². The molecule has 30 heavy (non-hydrogen) atoms. The van der Waals surface area contributed by atoms with Crippen molar-refractivity contribution < 1.29 is 13.9 Å². The van der Waals surface area contributed by atoms with Crippen LogP contribution in [-0.4, -0.2) is 22.9 Å². The number of hydrogen-bond acceptors (Lipinski definition) is 6. The van der Waals surface area contributed by atoms with Crippen LogP contribution in [0.4, 0.5) is 5.69 Å². The zero-order valence-electron chi connectivity index (χ0n) is 16.7. The number of rotatable bonds is 5. The summed E-state index contributed by atoms with van der Waals surface area (Å²) in [5, 5.41) is 4.52. The normalized spacial score (nSPS) is 16.0. The van der Waals surface area contributed by atoms with Gasteiger partial charge in [0.05, 0.1) is 18.6 Å². The number of carbonyl (C=O) groups excluding carboxylic acids is 1. The number of hydrogen-bond donors (Lipinski definition) is 1. The fraction of sp³-hybridized carbons (Fsp3) is 0.217. The van der Waals surface area contributed by atoms with Gasteiger partial charge in [-0.15, -0.1) is 11.3 Å². The summed E-state index contributed by atoms with van der Waals surface area (Å²) in [7, 11) is 1.67. The van der Waals surface area contributed by atoms with E-state index in [0.29, 0.717) is 23.8 Å². The topological polar surface area (TPSA) is 67.6 Å². The number of nitrogens with zero attached hydrogens (tertiary/aromatic N) is 2. The summed E-state index contributed by atoms with van der Waals surface area (Å²) in [5.74, 6) is 0.663. The monoisotopic (exact) mass is 419 g/mol. The van der Waals surface area contributed by atoms with E-state index >= 15 is 0 Å². The number of methoxy groups -OCH3 is 1. The van der Waals surface area contributed by atoms with E-state index in [1.165, 1.54) is 11.3 Å². The van der Waals surface area contributed by atoms with Crippen LogP contribution in [0.2, 0.25) is 0 Å². The predicted molar refractivity (Wildman–Crippen MR) is 116 cm³/mol. The number of amides is 1. The highest BCUT2D eigenvalue weighted by molar-refractivity contribution is 7.21. The van der Waals surface area contributed by atoms with Crippen molar-refractivity contribution in [3.05, 3.63) is 82.3 Å². The zero-order valence-corrected chi connectivity index (χ0v) is 17.5. The van der Waals surface area contributed by atoms with Crippen molar-refractivity contribution in [2.24, 2.45) is 0 Å². The van der Waals surface area contributed by atoms with Gasteiger partial charge in [-0.25, -0.2) is 4.98 Å². The maximum Gasteiger partial charge on any atom is 0.268 e. The van der Waals surface area contributed by atoms with E-state index in [4.69, 9.17) is 9.15 Å². The lowest BCUT2D eigenvalue weighted by atomic mass is 10.1. The number of ether oxygens (including phenoxy) is 1. The third-order valence-electron chi connectivity index (χ3n) is 5.23. The lowest BCUT2D eigenvalue weighted by Gasteiger charge is -2.35. The van der Waals surface area contributed by atoms with Gasteiger partial charge in [0.15, 0.2) is 6.17 Å². The average molecular weight is 420 g/mol. The second kappa shape index (κ2) is 7.59. The fourth-order valence-corrected chi connectivity index (χ4v) is 5.13. The van der Waals surface area contributed by atoms with Crippen LogP contribution in [0.1, 0.15) is 38.4 Å². The Kier molecular flexibility index (Phi) is 4.77. The van der Waals surface area contributed by atoms with E-state index < -0.39 is 6.17 Å². The Balaban J connectivity index is 1.66. The number of nitrogens with one attached hydrogen (secondary N) is 1. The Morgan fingerprint density at radius 1 is 1.23 bits per heavy atom. The van der Waals surface area contributed by atoms with E-state index in [0.717, 1.165) is 32.7 Å². The lowest BCUT2D eigenvalue weighted by molar-refractivity contribution is 0.0651. The van der Waals surface area contributed by atoms with E-state index in [9.17, 15) is 4.79 Å². The van der Waals surface area contributed by atoms with Gasteiger partial charge >= 0.3 is 0 Å². The number of thiophene rings is 1. The zero-order chi connectivity index (χ0) is 20.7. The van der Waals surface area contributed by atoms with Crippen LogP contribution >= 0.6 is 11.3 Å². The molecule has 1 atom stereocenters. The summed E-state index contributed by atoms with van der Waals surface area (Å²) >= 11 is 1.42. The smallest absolute Gasteiger partial charge is 0.268 e. The molecule has 0 saturated carbocycles. The molecule has 1 aliphatic rings. The van der Waals surface area contributed by atoms with Gasteiger partial charge in [-0.05, 0) is 36.2 Å². The summed E-state index contributed by atoms with van der Waals surface area (Å²) in [6.45, 7) is 2.89. The molecular weight excluding hydrogens is 398 g/mol. The van der Waals surface area contributed by atoms with Crippen molar-refractivity contribution in [3.63, 3.8) is 0 Å². The SMILES string of the molecule is COCc1cc(C)nc2sc3c(c12)N[C@H](c1ccco1)N(Cc1ccccc1)C3=O. The Morgan fingerprint density at radius 2 is 2.07 bits per heavy atom. The second-order valence-electron chi connectivity index (χ2n) is 7.32.